The normalized spacial score (nSPS) is 14.3. The van der Waals surface area contributed by atoms with Crippen molar-refractivity contribution in [1.29, 1.82) is 0 Å². The van der Waals surface area contributed by atoms with E-state index in [2.05, 4.69) is 35.9 Å². The molecule has 0 aromatic heterocycles. The molecule has 1 atom stereocenters. The van der Waals surface area contributed by atoms with Crippen molar-refractivity contribution in [2.75, 3.05) is 18.1 Å². The molecule has 1 heterocycles. The fraction of sp³-hybridized carbons (Fsp3) is 0.615. The number of hydrogen-bond donors (Lipinski definition) is 0. The molecule has 0 saturated heterocycles. The van der Waals surface area contributed by atoms with Crippen LogP contribution in [-0.2, 0) is 9.53 Å². The Bertz CT molecular complexity index is 714. The Morgan fingerprint density at radius 2 is 1.87 bits per heavy atom. The molecule has 0 N–H and O–H groups in total. The van der Waals surface area contributed by atoms with Gasteiger partial charge in [-0.3, -0.25) is 9.79 Å². The summed E-state index contributed by atoms with van der Waals surface area (Å²) >= 11 is 0. The van der Waals surface area contributed by atoms with Gasteiger partial charge in [0.1, 0.15) is 11.9 Å². The van der Waals surface area contributed by atoms with Gasteiger partial charge in [-0.1, -0.05) is 58.4 Å². The first-order chi connectivity index (χ1) is 15.1. The quantitative estimate of drug-likeness (QED) is 0.231. The lowest BCUT2D eigenvalue weighted by molar-refractivity contribution is -0.148. The summed E-state index contributed by atoms with van der Waals surface area (Å²) in [5.41, 5.74) is 2.00. The minimum Gasteiger partial charge on any atom is -0.494 e. The highest BCUT2D eigenvalue weighted by molar-refractivity contribution is 5.71. The van der Waals surface area contributed by atoms with E-state index in [0.29, 0.717) is 12.8 Å². The van der Waals surface area contributed by atoms with Gasteiger partial charge in [-0.2, -0.15) is 0 Å². The zero-order chi connectivity index (χ0) is 22.3. The van der Waals surface area contributed by atoms with Crippen molar-refractivity contribution in [3.8, 4) is 5.75 Å². The summed E-state index contributed by atoms with van der Waals surface area (Å²) in [4.78, 5) is 18.5. The summed E-state index contributed by atoms with van der Waals surface area (Å²) in [6.07, 6.45) is 14.3. The van der Waals surface area contributed by atoms with Gasteiger partial charge in [-0.05, 0) is 31.9 Å². The molecule has 0 fully saturated rings. The highest BCUT2D eigenvalue weighted by Crippen LogP contribution is 2.25. The molecule has 1 aliphatic rings. The second-order valence-corrected chi connectivity index (χ2v) is 8.31. The zero-order valence-electron chi connectivity index (χ0n) is 19.6. The maximum Gasteiger partial charge on any atom is 0.306 e. The summed E-state index contributed by atoms with van der Waals surface area (Å²) in [5, 5.41) is 0. The van der Waals surface area contributed by atoms with Gasteiger partial charge in [0, 0.05) is 37.0 Å². The van der Waals surface area contributed by atoms with Gasteiger partial charge in [0.25, 0.3) is 0 Å². The smallest absolute Gasteiger partial charge is 0.306 e. The standard InChI is InChI=1S/C26H40N2O3/c1-4-6-8-9-10-11-18-30-25-14-12-13-24(20-25)28-17-16-27-23(21-28)19-22(3)31-26(29)15-7-5-2/h12-14,16,20-22H,4-11,15,17-19H2,1-3H3. The number of ether oxygens (including phenoxy) is 2. The molecule has 1 aromatic rings. The topological polar surface area (TPSA) is 51.1 Å². The lowest BCUT2D eigenvalue weighted by atomic mass is 10.1. The molecule has 31 heavy (non-hydrogen) atoms. The van der Waals surface area contributed by atoms with Crippen LogP contribution in [0.5, 0.6) is 5.75 Å². The highest BCUT2D eigenvalue weighted by atomic mass is 16.5. The van der Waals surface area contributed by atoms with Gasteiger partial charge in [-0.25, -0.2) is 0 Å². The average Bonchev–Trinajstić information content (AvgIpc) is 2.77. The first-order valence-corrected chi connectivity index (χ1v) is 12.0. The molecule has 0 spiro atoms. The fourth-order valence-corrected chi connectivity index (χ4v) is 3.56. The Kier molecular flexibility index (Phi) is 11.8. The Morgan fingerprint density at radius 1 is 1.10 bits per heavy atom. The zero-order valence-corrected chi connectivity index (χ0v) is 19.6. The summed E-state index contributed by atoms with van der Waals surface area (Å²) in [6.45, 7) is 7.72. The summed E-state index contributed by atoms with van der Waals surface area (Å²) in [7, 11) is 0. The number of aliphatic imine (C=N–C) groups is 1. The second-order valence-electron chi connectivity index (χ2n) is 8.31. The predicted octanol–water partition coefficient (Wildman–Crippen LogP) is 6.67. The van der Waals surface area contributed by atoms with Crippen LogP contribution in [0, 0.1) is 0 Å². The number of hydrogen-bond acceptors (Lipinski definition) is 5. The molecule has 2 rings (SSSR count). The summed E-state index contributed by atoms with van der Waals surface area (Å²) in [6, 6.07) is 8.21. The number of esters is 1. The predicted molar refractivity (Wildman–Crippen MR) is 129 cm³/mol. The monoisotopic (exact) mass is 428 g/mol. The minimum absolute atomic E-state index is 0.123. The van der Waals surface area contributed by atoms with Gasteiger partial charge in [0.05, 0.1) is 18.8 Å². The summed E-state index contributed by atoms with van der Waals surface area (Å²) < 4.78 is 11.5. The van der Waals surface area contributed by atoms with Crippen molar-refractivity contribution in [1.82, 2.24) is 0 Å². The van der Waals surface area contributed by atoms with Gasteiger partial charge in [0.15, 0.2) is 0 Å². The third-order valence-electron chi connectivity index (χ3n) is 5.32. The fourth-order valence-electron chi connectivity index (χ4n) is 3.56. The van der Waals surface area contributed by atoms with Crippen LogP contribution in [0.25, 0.3) is 0 Å². The van der Waals surface area contributed by atoms with Crippen molar-refractivity contribution in [2.45, 2.75) is 91.1 Å². The SMILES string of the molecule is CCCCCCCCOc1cccc(N2C=C(CC(C)OC(=O)CCCC)N=CC2)c1. The molecule has 1 aromatic carbocycles. The molecule has 0 radical (unpaired) electrons. The number of unbranched alkanes of at least 4 members (excludes halogenated alkanes) is 6. The first-order valence-electron chi connectivity index (χ1n) is 12.0. The first kappa shape index (κ1) is 25.0. The molecule has 5 nitrogen and oxygen atoms in total. The van der Waals surface area contributed by atoms with Crippen molar-refractivity contribution < 1.29 is 14.3 Å². The van der Waals surface area contributed by atoms with E-state index in [4.69, 9.17) is 9.47 Å². The molecular formula is C26H40N2O3. The third kappa shape index (κ3) is 10.0. The maximum absolute atomic E-state index is 11.8. The van der Waals surface area contributed by atoms with Gasteiger partial charge in [0.2, 0.25) is 0 Å². The van der Waals surface area contributed by atoms with E-state index in [9.17, 15) is 4.79 Å². The lowest BCUT2D eigenvalue weighted by Crippen LogP contribution is -2.23. The number of benzene rings is 1. The Morgan fingerprint density at radius 3 is 2.68 bits per heavy atom. The molecule has 0 bridgehead atoms. The van der Waals surface area contributed by atoms with Crippen LogP contribution < -0.4 is 9.64 Å². The number of rotatable bonds is 15. The maximum atomic E-state index is 11.8. The number of nitrogens with zero attached hydrogens (tertiary/aromatic N) is 2. The van der Waals surface area contributed by atoms with Crippen LogP contribution in [0.15, 0.2) is 41.2 Å². The molecule has 172 valence electrons. The van der Waals surface area contributed by atoms with E-state index in [1.165, 1.54) is 32.1 Å². The molecule has 1 unspecified atom stereocenters. The van der Waals surface area contributed by atoms with Crippen molar-refractivity contribution in [3.63, 3.8) is 0 Å². The van der Waals surface area contributed by atoms with Crippen LogP contribution in [-0.4, -0.2) is 31.4 Å². The number of carbonyl (C=O) groups is 1. The van der Waals surface area contributed by atoms with Crippen LogP contribution >= 0.6 is 0 Å². The molecule has 5 heteroatoms. The molecule has 0 aliphatic carbocycles. The van der Waals surface area contributed by atoms with E-state index < -0.39 is 0 Å². The Labute approximate surface area is 188 Å². The highest BCUT2D eigenvalue weighted by Gasteiger charge is 2.15. The van der Waals surface area contributed by atoms with E-state index in [0.717, 1.165) is 49.5 Å². The van der Waals surface area contributed by atoms with Crippen LogP contribution in [0.4, 0.5) is 5.69 Å². The van der Waals surface area contributed by atoms with Crippen molar-refractivity contribution in [3.05, 3.63) is 36.2 Å². The van der Waals surface area contributed by atoms with Crippen molar-refractivity contribution >= 4 is 17.9 Å². The van der Waals surface area contributed by atoms with E-state index in [1.807, 2.05) is 31.5 Å². The molecule has 0 saturated carbocycles. The molecular weight excluding hydrogens is 388 g/mol. The molecule has 0 amide bonds. The van der Waals surface area contributed by atoms with Gasteiger partial charge in [-0.15, -0.1) is 0 Å². The average molecular weight is 429 g/mol. The number of anilines is 1. The van der Waals surface area contributed by atoms with Gasteiger partial charge < -0.3 is 14.4 Å². The third-order valence-corrected chi connectivity index (χ3v) is 5.32. The van der Waals surface area contributed by atoms with E-state index in [-0.39, 0.29) is 12.1 Å². The Balaban J connectivity index is 1.82. The Hall–Kier alpha value is -2.30. The van der Waals surface area contributed by atoms with E-state index in [1.54, 1.807) is 0 Å². The second kappa shape index (κ2) is 14.7. The van der Waals surface area contributed by atoms with Crippen LogP contribution in [0.2, 0.25) is 0 Å². The largest absolute Gasteiger partial charge is 0.494 e. The minimum atomic E-state index is -0.181. The number of carbonyl (C=O) groups excluding carboxylic acids is 1. The lowest BCUT2D eigenvalue weighted by Gasteiger charge is -2.24. The summed E-state index contributed by atoms with van der Waals surface area (Å²) in [5.74, 6) is 0.781. The molecule has 1 aliphatic heterocycles. The van der Waals surface area contributed by atoms with E-state index >= 15 is 0 Å². The van der Waals surface area contributed by atoms with Crippen molar-refractivity contribution in [2.24, 2.45) is 4.99 Å². The van der Waals surface area contributed by atoms with Crippen LogP contribution in [0.1, 0.15) is 85.0 Å². The van der Waals surface area contributed by atoms with Crippen LogP contribution in [0.3, 0.4) is 0 Å². The van der Waals surface area contributed by atoms with Gasteiger partial charge >= 0.3 is 5.97 Å².